The Morgan fingerprint density at radius 3 is 2.34 bits per heavy atom. The number of aryl methyl sites for hydroxylation is 1. The lowest BCUT2D eigenvalue weighted by Crippen LogP contribution is -2.13. The number of phenols is 1. The molecule has 3 rings (SSSR count). The van der Waals surface area contributed by atoms with E-state index in [1.165, 1.54) is 6.07 Å². The molecule has 3 aromatic carbocycles. The molecular weight excluding hydrogens is 419 g/mol. The maximum atomic E-state index is 13.3. The predicted octanol–water partition coefficient (Wildman–Crippen LogP) is 4.95. The van der Waals surface area contributed by atoms with Crippen molar-refractivity contribution >= 4 is 12.2 Å². The monoisotopic (exact) mass is 437 g/mol. The third kappa shape index (κ3) is 4.81. The van der Waals surface area contributed by atoms with Crippen molar-refractivity contribution in [1.29, 1.82) is 0 Å². The fraction of sp³-hybridized carbons (Fsp3) is 0.120. The number of hydrogen-bond donors (Lipinski definition) is 2. The van der Waals surface area contributed by atoms with Crippen LogP contribution in [0.5, 0.6) is 5.75 Å². The highest BCUT2D eigenvalue weighted by Gasteiger charge is 2.33. The standard InChI is InChI=1S/C25H18F3NO3/c1-2-16-12-19(8-10-21(16)24(29)32)22-11-15(14-30)3-4-17(22)5-6-18-7-9-20(31)13-23(18)25(26,27)28/h3-4,7-14,31H,2H2,1H3,(H2,29,32). The van der Waals surface area contributed by atoms with E-state index >= 15 is 0 Å². The molecule has 0 saturated heterocycles. The van der Waals surface area contributed by atoms with Gasteiger partial charge in [0.25, 0.3) is 0 Å². The van der Waals surface area contributed by atoms with E-state index in [2.05, 4.69) is 11.8 Å². The summed E-state index contributed by atoms with van der Waals surface area (Å²) in [4.78, 5) is 22.9. The minimum atomic E-state index is -4.69. The fourth-order valence-electron chi connectivity index (χ4n) is 3.29. The minimum Gasteiger partial charge on any atom is -0.508 e. The number of halogens is 3. The van der Waals surface area contributed by atoms with E-state index in [0.717, 1.165) is 12.1 Å². The van der Waals surface area contributed by atoms with Crippen LogP contribution < -0.4 is 5.73 Å². The first kappa shape index (κ1) is 22.6. The van der Waals surface area contributed by atoms with E-state index in [0.29, 0.717) is 52.2 Å². The van der Waals surface area contributed by atoms with Gasteiger partial charge >= 0.3 is 6.18 Å². The summed E-state index contributed by atoms with van der Waals surface area (Å²) in [6.45, 7) is 1.86. The summed E-state index contributed by atoms with van der Waals surface area (Å²) in [5.74, 6) is 4.19. The highest BCUT2D eigenvalue weighted by atomic mass is 19.4. The van der Waals surface area contributed by atoms with Gasteiger partial charge in [-0.2, -0.15) is 13.2 Å². The Balaban J connectivity index is 2.17. The molecule has 0 unspecified atom stereocenters. The average molecular weight is 437 g/mol. The van der Waals surface area contributed by atoms with Crippen molar-refractivity contribution in [2.75, 3.05) is 0 Å². The van der Waals surface area contributed by atoms with E-state index in [1.54, 1.807) is 30.3 Å². The van der Waals surface area contributed by atoms with Gasteiger partial charge in [0, 0.05) is 22.3 Å². The molecule has 162 valence electrons. The van der Waals surface area contributed by atoms with Crippen LogP contribution in [0.2, 0.25) is 0 Å². The quantitative estimate of drug-likeness (QED) is 0.448. The molecule has 0 saturated carbocycles. The molecule has 0 radical (unpaired) electrons. The molecule has 0 aliphatic carbocycles. The molecule has 3 aromatic rings. The van der Waals surface area contributed by atoms with Crippen LogP contribution in [0, 0.1) is 11.8 Å². The Morgan fingerprint density at radius 2 is 1.72 bits per heavy atom. The second kappa shape index (κ2) is 8.98. The largest absolute Gasteiger partial charge is 0.508 e. The number of nitrogens with two attached hydrogens (primary N) is 1. The van der Waals surface area contributed by atoms with Gasteiger partial charge in [-0.25, -0.2) is 0 Å². The van der Waals surface area contributed by atoms with Crippen molar-refractivity contribution in [3.63, 3.8) is 0 Å². The summed E-state index contributed by atoms with van der Waals surface area (Å²) < 4.78 is 40.0. The number of aldehydes is 1. The van der Waals surface area contributed by atoms with Crippen LogP contribution in [0.4, 0.5) is 13.2 Å². The van der Waals surface area contributed by atoms with Crippen LogP contribution >= 0.6 is 0 Å². The second-order valence-electron chi connectivity index (χ2n) is 6.99. The van der Waals surface area contributed by atoms with Crippen molar-refractivity contribution in [2.45, 2.75) is 19.5 Å². The van der Waals surface area contributed by atoms with Gasteiger partial charge in [-0.3, -0.25) is 9.59 Å². The summed E-state index contributed by atoms with van der Waals surface area (Å²) in [6, 6.07) is 12.5. The zero-order chi connectivity index (χ0) is 23.5. The van der Waals surface area contributed by atoms with Crippen molar-refractivity contribution in [2.24, 2.45) is 5.73 Å². The molecule has 4 nitrogen and oxygen atoms in total. The van der Waals surface area contributed by atoms with Gasteiger partial charge in [0.05, 0.1) is 5.56 Å². The summed E-state index contributed by atoms with van der Waals surface area (Å²) in [7, 11) is 0. The summed E-state index contributed by atoms with van der Waals surface area (Å²) >= 11 is 0. The third-order valence-corrected chi connectivity index (χ3v) is 4.88. The van der Waals surface area contributed by atoms with E-state index in [-0.39, 0.29) is 5.56 Å². The van der Waals surface area contributed by atoms with Gasteiger partial charge in [-0.05, 0) is 59.5 Å². The van der Waals surface area contributed by atoms with Gasteiger partial charge in [-0.15, -0.1) is 0 Å². The molecule has 0 aromatic heterocycles. The number of benzene rings is 3. The maximum Gasteiger partial charge on any atom is 0.417 e. The van der Waals surface area contributed by atoms with Gasteiger partial charge in [0.1, 0.15) is 12.0 Å². The average Bonchev–Trinajstić information content (AvgIpc) is 2.77. The lowest BCUT2D eigenvalue weighted by Gasteiger charge is -2.11. The molecule has 0 heterocycles. The Hall–Kier alpha value is -4.05. The summed E-state index contributed by atoms with van der Waals surface area (Å²) in [6.07, 6.45) is -3.50. The molecule has 0 bridgehead atoms. The first-order valence-corrected chi connectivity index (χ1v) is 9.58. The van der Waals surface area contributed by atoms with E-state index in [4.69, 9.17) is 5.73 Å². The lowest BCUT2D eigenvalue weighted by molar-refractivity contribution is -0.137. The summed E-state index contributed by atoms with van der Waals surface area (Å²) in [5.41, 5.74) is 7.06. The van der Waals surface area contributed by atoms with Gasteiger partial charge in [-0.1, -0.05) is 37.0 Å². The Bertz CT molecular complexity index is 1270. The second-order valence-corrected chi connectivity index (χ2v) is 6.99. The number of hydrogen-bond acceptors (Lipinski definition) is 3. The fourth-order valence-corrected chi connectivity index (χ4v) is 3.29. The van der Waals surface area contributed by atoms with Gasteiger partial charge < -0.3 is 10.8 Å². The zero-order valence-corrected chi connectivity index (χ0v) is 17.0. The van der Waals surface area contributed by atoms with Gasteiger partial charge in [0.2, 0.25) is 5.91 Å². The molecular formula is C25H18F3NO3. The third-order valence-electron chi connectivity index (χ3n) is 4.88. The number of phenolic OH excluding ortho intramolecular Hbond substituents is 1. The van der Waals surface area contributed by atoms with Crippen LogP contribution in [0.1, 0.15) is 49.9 Å². The Labute approximate surface area is 182 Å². The number of alkyl halides is 3. The summed E-state index contributed by atoms with van der Waals surface area (Å²) in [5, 5.41) is 9.43. The normalized spacial score (nSPS) is 10.9. The molecule has 0 aliphatic rings. The number of amides is 1. The van der Waals surface area contributed by atoms with E-state index in [9.17, 15) is 27.9 Å². The molecule has 7 heteroatoms. The topological polar surface area (TPSA) is 80.4 Å². The SMILES string of the molecule is CCc1cc(-c2cc(C=O)ccc2C#Cc2ccc(O)cc2C(F)(F)F)ccc1C(N)=O. The Kier molecular flexibility index (Phi) is 6.35. The number of primary amides is 1. The van der Waals surface area contributed by atoms with Crippen molar-refractivity contribution in [3.8, 4) is 28.7 Å². The zero-order valence-electron chi connectivity index (χ0n) is 17.0. The van der Waals surface area contributed by atoms with Crippen LogP contribution in [0.25, 0.3) is 11.1 Å². The van der Waals surface area contributed by atoms with Crippen molar-refractivity contribution < 1.29 is 27.9 Å². The van der Waals surface area contributed by atoms with Gasteiger partial charge in [0.15, 0.2) is 0 Å². The van der Waals surface area contributed by atoms with Crippen LogP contribution in [0.15, 0.2) is 54.6 Å². The highest BCUT2D eigenvalue weighted by Crippen LogP contribution is 2.34. The molecule has 0 fully saturated rings. The molecule has 0 aliphatic heterocycles. The molecule has 0 spiro atoms. The van der Waals surface area contributed by atoms with E-state index in [1.807, 2.05) is 6.92 Å². The smallest absolute Gasteiger partial charge is 0.417 e. The van der Waals surface area contributed by atoms with Crippen LogP contribution in [0.3, 0.4) is 0 Å². The number of carbonyl (C=O) groups excluding carboxylic acids is 2. The van der Waals surface area contributed by atoms with Crippen molar-refractivity contribution in [3.05, 3.63) is 88.0 Å². The molecule has 0 atom stereocenters. The van der Waals surface area contributed by atoms with E-state index < -0.39 is 23.4 Å². The van der Waals surface area contributed by atoms with Crippen molar-refractivity contribution in [1.82, 2.24) is 0 Å². The Morgan fingerprint density at radius 1 is 1.03 bits per heavy atom. The number of rotatable bonds is 4. The molecule has 1 amide bonds. The lowest BCUT2D eigenvalue weighted by atomic mass is 9.93. The maximum absolute atomic E-state index is 13.3. The minimum absolute atomic E-state index is 0.293. The highest BCUT2D eigenvalue weighted by molar-refractivity contribution is 5.95. The first-order chi connectivity index (χ1) is 15.1. The molecule has 3 N–H and O–H groups in total. The number of carbonyl (C=O) groups is 2. The van der Waals surface area contributed by atoms with Crippen LogP contribution in [-0.4, -0.2) is 17.3 Å². The number of aromatic hydroxyl groups is 1. The predicted molar refractivity (Wildman–Crippen MR) is 114 cm³/mol. The first-order valence-electron chi connectivity index (χ1n) is 9.58. The molecule has 32 heavy (non-hydrogen) atoms. The van der Waals surface area contributed by atoms with Crippen LogP contribution in [-0.2, 0) is 12.6 Å².